The molecule has 9 heteroatoms. The fourth-order valence-electron chi connectivity index (χ4n) is 3.61. The molecular formula is C20H23N5O4. The molecular weight excluding hydrogens is 374 g/mol. The third-order valence-electron chi connectivity index (χ3n) is 5.37. The third kappa shape index (κ3) is 4.08. The highest BCUT2D eigenvalue weighted by Crippen LogP contribution is 2.16. The van der Waals surface area contributed by atoms with Crippen LogP contribution in [0.25, 0.3) is 0 Å². The molecule has 0 N–H and O–H groups in total. The van der Waals surface area contributed by atoms with E-state index < -0.39 is 0 Å². The van der Waals surface area contributed by atoms with Crippen LogP contribution in [-0.2, 0) is 4.79 Å². The van der Waals surface area contributed by atoms with Crippen molar-refractivity contribution in [2.24, 2.45) is 0 Å². The van der Waals surface area contributed by atoms with E-state index in [-0.39, 0.29) is 11.8 Å². The Morgan fingerprint density at radius 1 is 0.897 bits per heavy atom. The van der Waals surface area contributed by atoms with Gasteiger partial charge in [-0.05, 0) is 24.3 Å². The molecule has 2 fully saturated rings. The lowest BCUT2D eigenvalue weighted by atomic mass is 10.2. The van der Waals surface area contributed by atoms with Crippen LogP contribution >= 0.6 is 0 Å². The number of carbonyl (C=O) groups excluding carboxylic acids is 3. The number of piperazine rings is 2. The lowest BCUT2D eigenvalue weighted by Gasteiger charge is -2.34. The smallest absolute Gasteiger partial charge is 0.289 e. The lowest BCUT2D eigenvalue weighted by molar-refractivity contribution is -0.118. The Labute approximate surface area is 168 Å². The van der Waals surface area contributed by atoms with Crippen LogP contribution in [0.4, 0.5) is 5.82 Å². The van der Waals surface area contributed by atoms with Gasteiger partial charge in [0.2, 0.25) is 6.41 Å². The Balaban J connectivity index is 1.32. The van der Waals surface area contributed by atoms with Gasteiger partial charge >= 0.3 is 0 Å². The van der Waals surface area contributed by atoms with Crippen LogP contribution in [0.5, 0.6) is 0 Å². The predicted molar refractivity (Wildman–Crippen MR) is 105 cm³/mol. The van der Waals surface area contributed by atoms with E-state index in [1.807, 2.05) is 6.07 Å². The van der Waals surface area contributed by atoms with E-state index >= 15 is 0 Å². The van der Waals surface area contributed by atoms with E-state index in [1.165, 1.54) is 6.26 Å². The minimum absolute atomic E-state index is 0.0834. The monoisotopic (exact) mass is 397 g/mol. The first kappa shape index (κ1) is 19.0. The number of nitrogens with zero attached hydrogens (tertiary/aromatic N) is 5. The van der Waals surface area contributed by atoms with E-state index in [9.17, 15) is 14.4 Å². The normalized spacial score (nSPS) is 17.4. The van der Waals surface area contributed by atoms with Crippen molar-refractivity contribution in [3.05, 3.63) is 48.0 Å². The average Bonchev–Trinajstić information content (AvgIpc) is 3.33. The summed E-state index contributed by atoms with van der Waals surface area (Å²) >= 11 is 0. The highest BCUT2D eigenvalue weighted by Gasteiger charge is 2.27. The van der Waals surface area contributed by atoms with Crippen LogP contribution in [0.2, 0.25) is 0 Å². The maximum Gasteiger partial charge on any atom is 0.289 e. The van der Waals surface area contributed by atoms with Crippen molar-refractivity contribution < 1.29 is 18.8 Å². The first-order valence-electron chi connectivity index (χ1n) is 9.68. The Hall–Kier alpha value is -3.36. The van der Waals surface area contributed by atoms with Gasteiger partial charge in [0.1, 0.15) is 5.82 Å². The highest BCUT2D eigenvalue weighted by molar-refractivity contribution is 5.95. The summed E-state index contributed by atoms with van der Waals surface area (Å²) in [7, 11) is 0. The molecule has 2 saturated heterocycles. The van der Waals surface area contributed by atoms with Crippen molar-refractivity contribution >= 4 is 24.0 Å². The molecule has 2 aliphatic rings. The van der Waals surface area contributed by atoms with Gasteiger partial charge in [-0.2, -0.15) is 0 Å². The molecule has 0 spiro atoms. The van der Waals surface area contributed by atoms with Gasteiger partial charge in [-0.1, -0.05) is 0 Å². The minimum Gasteiger partial charge on any atom is -0.459 e. The first-order valence-corrected chi connectivity index (χ1v) is 9.68. The average molecular weight is 397 g/mol. The summed E-state index contributed by atoms with van der Waals surface area (Å²) in [4.78, 5) is 47.6. The molecule has 3 amide bonds. The summed E-state index contributed by atoms with van der Waals surface area (Å²) in [6.45, 7) is 4.69. The molecule has 9 nitrogen and oxygen atoms in total. The van der Waals surface area contributed by atoms with Crippen LogP contribution in [0.1, 0.15) is 20.9 Å². The number of rotatable bonds is 4. The molecule has 0 aromatic carbocycles. The van der Waals surface area contributed by atoms with Gasteiger partial charge in [-0.3, -0.25) is 14.4 Å². The first-order chi connectivity index (χ1) is 14.2. The standard InChI is InChI=1S/C20H23N5O4/c26-15-22-5-7-23(8-6-22)18-4-3-16(14-21-18)19(27)24-9-11-25(12-10-24)20(28)17-2-1-13-29-17/h1-4,13-15H,5-12H2. The number of amides is 3. The maximum absolute atomic E-state index is 12.8. The van der Waals surface area contributed by atoms with Gasteiger partial charge in [0.15, 0.2) is 5.76 Å². The summed E-state index contributed by atoms with van der Waals surface area (Å²) < 4.78 is 5.16. The molecule has 4 heterocycles. The predicted octanol–water partition coefficient (Wildman–Crippen LogP) is 0.551. The van der Waals surface area contributed by atoms with Crippen molar-refractivity contribution in [1.82, 2.24) is 19.7 Å². The largest absolute Gasteiger partial charge is 0.459 e. The molecule has 0 bridgehead atoms. The number of hydrogen-bond acceptors (Lipinski definition) is 6. The van der Waals surface area contributed by atoms with E-state index in [0.29, 0.717) is 50.6 Å². The zero-order valence-electron chi connectivity index (χ0n) is 16.1. The Kier molecular flexibility index (Phi) is 5.46. The number of hydrogen-bond donors (Lipinski definition) is 0. The van der Waals surface area contributed by atoms with Gasteiger partial charge in [0, 0.05) is 58.6 Å². The molecule has 2 aliphatic heterocycles. The minimum atomic E-state index is -0.150. The Morgan fingerprint density at radius 3 is 2.14 bits per heavy atom. The molecule has 2 aromatic rings. The number of anilines is 1. The van der Waals surface area contributed by atoms with Gasteiger partial charge in [-0.15, -0.1) is 0 Å². The molecule has 0 aliphatic carbocycles. The molecule has 0 saturated carbocycles. The second kappa shape index (κ2) is 8.34. The molecule has 0 radical (unpaired) electrons. The SMILES string of the molecule is O=CN1CCN(c2ccc(C(=O)N3CCN(C(=O)c4ccco4)CC3)cn2)CC1. The number of furan rings is 1. The summed E-state index contributed by atoms with van der Waals surface area (Å²) in [6.07, 6.45) is 3.95. The molecule has 2 aromatic heterocycles. The quantitative estimate of drug-likeness (QED) is 0.700. The number of pyridine rings is 1. The molecule has 0 unspecified atom stereocenters. The maximum atomic E-state index is 12.8. The second-order valence-electron chi connectivity index (χ2n) is 7.10. The van der Waals surface area contributed by atoms with Crippen LogP contribution < -0.4 is 4.90 Å². The van der Waals surface area contributed by atoms with E-state index in [0.717, 1.165) is 25.3 Å². The van der Waals surface area contributed by atoms with E-state index in [1.54, 1.807) is 39.1 Å². The highest BCUT2D eigenvalue weighted by atomic mass is 16.3. The van der Waals surface area contributed by atoms with Crippen LogP contribution in [0, 0.1) is 0 Å². The van der Waals surface area contributed by atoms with Crippen LogP contribution in [0.3, 0.4) is 0 Å². The Morgan fingerprint density at radius 2 is 1.59 bits per heavy atom. The van der Waals surface area contributed by atoms with Crippen LogP contribution in [-0.4, -0.2) is 90.3 Å². The Bertz CT molecular complexity index is 852. The summed E-state index contributed by atoms with van der Waals surface area (Å²) in [6, 6.07) is 6.97. The molecule has 29 heavy (non-hydrogen) atoms. The number of carbonyl (C=O) groups is 3. The summed E-state index contributed by atoms with van der Waals surface area (Å²) in [5, 5.41) is 0. The van der Waals surface area contributed by atoms with Gasteiger partial charge < -0.3 is 24.0 Å². The fraction of sp³-hybridized carbons (Fsp3) is 0.400. The van der Waals surface area contributed by atoms with Gasteiger partial charge in [0.05, 0.1) is 11.8 Å². The second-order valence-corrected chi connectivity index (χ2v) is 7.10. The number of aromatic nitrogens is 1. The molecule has 4 rings (SSSR count). The van der Waals surface area contributed by atoms with Crippen molar-refractivity contribution in [2.75, 3.05) is 57.3 Å². The zero-order valence-corrected chi connectivity index (χ0v) is 16.1. The third-order valence-corrected chi connectivity index (χ3v) is 5.37. The van der Waals surface area contributed by atoms with E-state index in [4.69, 9.17) is 4.42 Å². The topological polar surface area (TPSA) is 90.2 Å². The summed E-state index contributed by atoms with van der Waals surface area (Å²) in [5.41, 5.74) is 0.533. The van der Waals surface area contributed by atoms with Crippen molar-refractivity contribution in [3.8, 4) is 0 Å². The van der Waals surface area contributed by atoms with Gasteiger partial charge in [-0.25, -0.2) is 4.98 Å². The van der Waals surface area contributed by atoms with Crippen LogP contribution in [0.15, 0.2) is 41.1 Å². The zero-order chi connectivity index (χ0) is 20.2. The van der Waals surface area contributed by atoms with Crippen molar-refractivity contribution in [2.45, 2.75) is 0 Å². The fourth-order valence-corrected chi connectivity index (χ4v) is 3.61. The van der Waals surface area contributed by atoms with E-state index in [2.05, 4.69) is 9.88 Å². The lowest BCUT2D eigenvalue weighted by Crippen LogP contribution is -2.50. The summed E-state index contributed by atoms with van der Waals surface area (Å²) in [5.74, 6) is 0.891. The van der Waals surface area contributed by atoms with Crippen molar-refractivity contribution in [3.63, 3.8) is 0 Å². The van der Waals surface area contributed by atoms with Crippen molar-refractivity contribution in [1.29, 1.82) is 0 Å². The molecule has 152 valence electrons. The molecule has 0 atom stereocenters. The van der Waals surface area contributed by atoms with Gasteiger partial charge in [0.25, 0.3) is 11.8 Å².